The fourth-order valence-corrected chi connectivity index (χ4v) is 4.89. The molecule has 0 saturated carbocycles. The molecule has 32 heavy (non-hydrogen) atoms. The predicted molar refractivity (Wildman–Crippen MR) is 124 cm³/mol. The highest BCUT2D eigenvalue weighted by Crippen LogP contribution is 2.23. The molecule has 0 spiro atoms. The average Bonchev–Trinajstić information content (AvgIpc) is 3.19. The largest absolute Gasteiger partial charge is 0.335 e. The van der Waals surface area contributed by atoms with E-state index in [0.29, 0.717) is 48.7 Å². The summed E-state index contributed by atoms with van der Waals surface area (Å²) in [5.74, 6) is -0.296. The molecule has 0 N–H and O–H groups in total. The molecule has 7 heteroatoms. The molecule has 2 heterocycles. The molecule has 1 aliphatic heterocycles. The lowest BCUT2D eigenvalue weighted by atomic mass is 10.1. The van der Waals surface area contributed by atoms with Crippen molar-refractivity contribution in [3.63, 3.8) is 0 Å². The molecule has 1 saturated heterocycles. The second-order valence-electron chi connectivity index (χ2n) is 7.96. The first-order chi connectivity index (χ1) is 15.4. The Hall–Kier alpha value is -3.06. The fraction of sp³-hybridized carbons (Fsp3) is 0.320. The minimum atomic E-state index is -0.268. The maximum atomic E-state index is 13.1. The van der Waals surface area contributed by atoms with E-state index in [0.717, 1.165) is 17.0 Å². The third-order valence-electron chi connectivity index (χ3n) is 5.77. The third-order valence-corrected chi connectivity index (χ3v) is 6.91. The van der Waals surface area contributed by atoms with Gasteiger partial charge in [0, 0.05) is 38.2 Å². The van der Waals surface area contributed by atoms with Crippen molar-refractivity contribution in [2.75, 3.05) is 26.2 Å². The van der Waals surface area contributed by atoms with Gasteiger partial charge in [-0.15, -0.1) is 11.3 Å². The topological polar surface area (TPSA) is 53.5 Å². The van der Waals surface area contributed by atoms with Crippen molar-refractivity contribution in [2.24, 2.45) is 0 Å². The summed E-state index contributed by atoms with van der Waals surface area (Å²) < 4.78 is 13.1. The molecule has 5 nitrogen and oxygen atoms in total. The van der Waals surface area contributed by atoms with Gasteiger partial charge in [-0.2, -0.15) is 0 Å². The van der Waals surface area contributed by atoms with E-state index < -0.39 is 0 Å². The van der Waals surface area contributed by atoms with Crippen molar-refractivity contribution in [3.8, 4) is 0 Å². The lowest BCUT2D eigenvalue weighted by Gasteiger charge is -2.34. The molecule has 166 valence electrons. The Kier molecular flexibility index (Phi) is 6.65. The van der Waals surface area contributed by atoms with Gasteiger partial charge >= 0.3 is 0 Å². The summed E-state index contributed by atoms with van der Waals surface area (Å²) in [5, 5.41) is 0.835. The number of piperazine rings is 1. The summed E-state index contributed by atoms with van der Waals surface area (Å²) in [4.78, 5) is 34.7. The van der Waals surface area contributed by atoms with Gasteiger partial charge in [0.15, 0.2) is 0 Å². The van der Waals surface area contributed by atoms with E-state index in [1.807, 2.05) is 36.1 Å². The molecular formula is C25H26FN3O2S. The second kappa shape index (κ2) is 9.61. The zero-order valence-corrected chi connectivity index (χ0v) is 19.1. The normalized spacial score (nSPS) is 14.0. The van der Waals surface area contributed by atoms with E-state index in [-0.39, 0.29) is 17.6 Å². The minimum absolute atomic E-state index is 0.00954. The first-order valence-corrected chi connectivity index (χ1v) is 11.6. The SMILES string of the molecule is CCc1ccc(C(=O)N2CCN(C(=O)c3sc(Cc4ccc(F)cc4)nc3C)CC2)cc1. The van der Waals surface area contributed by atoms with Crippen LogP contribution in [-0.4, -0.2) is 52.8 Å². The lowest BCUT2D eigenvalue weighted by Crippen LogP contribution is -2.50. The Morgan fingerprint density at radius 2 is 1.47 bits per heavy atom. The van der Waals surface area contributed by atoms with Crippen molar-refractivity contribution in [2.45, 2.75) is 26.7 Å². The standard InChI is InChI=1S/C25H26FN3O2S/c1-3-18-4-8-20(9-5-18)24(30)28-12-14-29(15-13-28)25(31)23-17(2)27-22(32-23)16-19-6-10-21(26)11-7-19/h4-11H,3,12-16H2,1-2H3. The number of nitrogens with zero attached hydrogens (tertiary/aromatic N) is 3. The molecule has 4 rings (SSSR count). The van der Waals surface area contributed by atoms with Crippen molar-refractivity contribution in [1.29, 1.82) is 0 Å². The van der Waals surface area contributed by atoms with Crippen LogP contribution in [0.25, 0.3) is 0 Å². The van der Waals surface area contributed by atoms with E-state index >= 15 is 0 Å². The van der Waals surface area contributed by atoms with Crippen molar-refractivity contribution in [1.82, 2.24) is 14.8 Å². The van der Waals surface area contributed by atoms with Gasteiger partial charge < -0.3 is 9.80 Å². The first-order valence-electron chi connectivity index (χ1n) is 10.8. The monoisotopic (exact) mass is 451 g/mol. The Bertz CT molecular complexity index is 1100. The van der Waals surface area contributed by atoms with Gasteiger partial charge in [-0.1, -0.05) is 31.2 Å². The molecule has 0 bridgehead atoms. The Balaban J connectivity index is 1.37. The first kappa shape index (κ1) is 22.1. The van der Waals surface area contributed by atoms with Crippen LogP contribution in [0.3, 0.4) is 0 Å². The summed E-state index contributed by atoms with van der Waals surface area (Å²) in [5.41, 5.74) is 3.56. The lowest BCUT2D eigenvalue weighted by molar-refractivity contribution is 0.0537. The highest BCUT2D eigenvalue weighted by molar-refractivity contribution is 7.13. The van der Waals surface area contributed by atoms with E-state index in [1.165, 1.54) is 29.0 Å². The van der Waals surface area contributed by atoms with Crippen LogP contribution in [0.2, 0.25) is 0 Å². The van der Waals surface area contributed by atoms with Crippen LogP contribution >= 0.6 is 11.3 Å². The number of thiazole rings is 1. The van der Waals surface area contributed by atoms with Gasteiger partial charge in [-0.05, 0) is 48.7 Å². The van der Waals surface area contributed by atoms with Gasteiger partial charge in [0.25, 0.3) is 11.8 Å². The van der Waals surface area contributed by atoms with Gasteiger partial charge in [0.2, 0.25) is 0 Å². The van der Waals surface area contributed by atoms with Gasteiger partial charge in [0.1, 0.15) is 10.7 Å². The van der Waals surface area contributed by atoms with Crippen molar-refractivity contribution < 1.29 is 14.0 Å². The zero-order valence-electron chi connectivity index (χ0n) is 18.3. The molecule has 1 fully saturated rings. The smallest absolute Gasteiger partial charge is 0.265 e. The molecule has 2 aromatic carbocycles. The summed E-state index contributed by atoms with van der Waals surface area (Å²) in [6.45, 7) is 5.96. The maximum Gasteiger partial charge on any atom is 0.265 e. The predicted octanol–water partition coefficient (Wildman–Crippen LogP) is 4.34. The minimum Gasteiger partial charge on any atom is -0.335 e. The van der Waals surface area contributed by atoms with Crippen LogP contribution in [0.15, 0.2) is 48.5 Å². The van der Waals surface area contributed by atoms with Crippen LogP contribution in [0.5, 0.6) is 0 Å². The summed E-state index contributed by atoms with van der Waals surface area (Å²) >= 11 is 1.39. The fourth-order valence-electron chi connectivity index (χ4n) is 3.83. The maximum absolute atomic E-state index is 13.1. The Morgan fingerprint density at radius 3 is 2.06 bits per heavy atom. The number of rotatable bonds is 5. The summed E-state index contributed by atoms with van der Waals surface area (Å²) in [6.07, 6.45) is 1.51. The van der Waals surface area contributed by atoms with E-state index in [2.05, 4.69) is 11.9 Å². The number of aryl methyl sites for hydroxylation is 2. The number of carbonyl (C=O) groups excluding carboxylic acids is 2. The van der Waals surface area contributed by atoms with Gasteiger partial charge in [-0.3, -0.25) is 9.59 Å². The highest BCUT2D eigenvalue weighted by atomic mass is 32.1. The van der Waals surface area contributed by atoms with Crippen molar-refractivity contribution >= 4 is 23.2 Å². The van der Waals surface area contributed by atoms with Gasteiger partial charge in [0.05, 0.1) is 10.7 Å². The number of hydrogen-bond donors (Lipinski definition) is 0. The molecule has 1 aromatic heterocycles. The number of hydrogen-bond acceptors (Lipinski definition) is 4. The highest BCUT2D eigenvalue weighted by Gasteiger charge is 2.27. The Labute approximate surface area is 191 Å². The number of amides is 2. The zero-order chi connectivity index (χ0) is 22.7. The molecule has 1 aliphatic rings. The number of carbonyl (C=O) groups is 2. The molecule has 0 atom stereocenters. The molecule has 0 aliphatic carbocycles. The van der Waals surface area contributed by atoms with Crippen LogP contribution in [0, 0.1) is 12.7 Å². The van der Waals surface area contributed by atoms with Crippen LogP contribution in [0.1, 0.15) is 48.8 Å². The molecular weight excluding hydrogens is 425 g/mol. The summed E-state index contributed by atoms with van der Waals surface area (Å²) in [7, 11) is 0. The number of benzene rings is 2. The molecule has 0 radical (unpaired) electrons. The van der Waals surface area contributed by atoms with Crippen molar-refractivity contribution in [3.05, 3.63) is 86.6 Å². The number of aromatic nitrogens is 1. The van der Waals surface area contributed by atoms with E-state index in [9.17, 15) is 14.0 Å². The van der Waals surface area contributed by atoms with E-state index in [4.69, 9.17) is 0 Å². The average molecular weight is 452 g/mol. The second-order valence-corrected chi connectivity index (χ2v) is 9.04. The van der Waals surface area contributed by atoms with E-state index in [1.54, 1.807) is 17.0 Å². The van der Waals surface area contributed by atoms with Crippen LogP contribution < -0.4 is 0 Å². The molecule has 2 amide bonds. The van der Waals surface area contributed by atoms with Crippen LogP contribution in [0.4, 0.5) is 4.39 Å². The quantitative estimate of drug-likeness (QED) is 0.580. The summed E-state index contributed by atoms with van der Waals surface area (Å²) in [6, 6.07) is 14.1. The van der Waals surface area contributed by atoms with Crippen LogP contribution in [-0.2, 0) is 12.8 Å². The number of halogens is 1. The third kappa shape index (κ3) is 4.88. The Morgan fingerprint density at radius 1 is 0.906 bits per heavy atom. The molecule has 0 unspecified atom stereocenters. The molecule has 3 aromatic rings. The van der Waals surface area contributed by atoms with Gasteiger partial charge in [-0.25, -0.2) is 9.37 Å².